The molecular weight excluding hydrogens is 310 g/mol. The summed E-state index contributed by atoms with van der Waals surface area (Å²) in [6.07, 6.45) is 1.34. The zero-order chi connectivity index (χ0) is 17.7. The normalized spacial score (nSPS) is 15.6. The van der Waals surface area contributed by atoms with Crippen molar-refractivity contribution >= 4 is 23.8 Å². The van der Waals surface area contributed by atoms with E-state index in [-0.39, 0.29) is 12.5 Å². The molecule has 7 heteroatoms. The van der Waals surface area contributed by atoms with Gasteiger partial charge in [0.25, 0.3) is 0 Å². The highest BCUT2D eigenvalue weighted by atomic mass is 16.2. The third-order valence-electron chi connectivity index (χ3n) is 3.72. The molecule has 1 aromatic carbocycles. The monoisotopic (exact) mass is 329 g/mol. The van der Waals surface area contributed by atoms with Crippen molar-refractivity contribution in [1.29, 1.82) is 0 Å². The van der Waals surface area contributed by atoms with Crippen molar-refractivity contribution in [2.45, 2.75) is 12.8 Å². The predicted octanol–water partition coefficient (Wildman–Crippen LogP) is 0.883. The van der Waals surface area contributed by atoms with Gasteiger partial charge in [0.1, 0.15) is 6.54 Å². The number of carbonyl (C=O) groups is 4. The third kappa shape index (κ3) is 3.68. The molecule has 126 valence electrons. The standard InChI is InChI=1S/C17H19N3O4/c1-3-9-19-15(22)16(23)20(17(19)24)11-14(21)18-10-12(2)13-7-5-4-6-8-13/h3-8,12H,1,9-11H2,2H3,(H,18,21)/t12-/m1/s1. The second-order valence-electron chi connectivity index (χ2n) is 5.49. The number of hydrogen-bond acceptors (Lipinski definition) is 4. The van der Waals surface area contributed by atoms with Crippen molar-refractivity contribution in [3.63, 3.8) is 0 Å². The summed E-state index contributed by atoms with van der Waals surface area (Å²) in [7, 11) is 0. The van der Waals surface area contributed by atoms with E-state index in [0.29, 0.717) is 11.4 Å². The summed E-state index contributed by atoms with van der Waals surface area (Å²) in [5, 5.41) is 2.68. The number of urea groups is 1. The highest BCUT2D eigenvalue weighted by Crippen LogP contribution is 2.14. The molecule has 1 N–H and O–H groups in total. The zero-order valence-electron chi connectivity index (χ0n) is 13.4. The third-order valence-corrected chi connectivity index (χ3v) is 3.72. The van der Waals surface area contributed by atoms with Crippen molar-refractivity contribution in [1.82, 2.24) is 15.1 Å². The number of nitrogens with zero attached hydrogens (tertiary/aromatic N) is 2. The van der Waals surface area contributed by atoms with Crippen LogP contribution in [0.4, 0.5) is 4.79 Å². The van der Waals surface area contributed by atoms with Gasteiger partial charge in [0.05, 0.1) is 0 Å². The molecule has 0 aliphatic carbocycles. The maximum absolute atomic E-state index is 12.0. The lowest BCUT2D eigenvalue weighted by molar-refractivity contribution is -0.143. The highest BCUT2D eigenvalue weighted by molar-refractivity contribution is 6.45. The number of amides is 5. The van der Waals surface area contributed by atoms with Gasteiger partial charge in [-0.2, -0.15) is 0 Å². The first-order chi connectivity index (χ1) is 11.5. The lowest BCUT2D eigenvalue weighted by atomic mass is 10.0. The SMILES string of the molecule is C=CCN1C(=O)C(=O)N(CC(=O)NC[C@@H](C)c2ccccc2)C1=O. The number of rotatable bonds is 7. The second kappa shape index (κ2) is 7.54. The quantitative estimate of drug-likeness (QED) is 0.457. The molecule has 7 nitrogen and oxygen atoms in total. The van der Waals surface area contributed by atoms with Crippen molar-refractivity contribution in [3.8, 4) is 0 Å². The summed E-state index contributed by atoms with van der Waals surface area (Å²) < 4.78 is 0. The second-order valence-corrected chi connectivity index (χ2v) is 5.49. The summed E-state index contributed by atoms with van der Waals surface area (Å²) in [5.41, 5.74) is 1.07. The molecule has 24 heavy (non-hydrogen) atoms. The fraction of sp³-hybridized carbons (Fsp3) is 0.294. The van der Waals surface area contributed by atoms with Crippen LogP contribution in [0.2, 0.25) is 0 Å². The number of imide groups is 2. The Morgan fingerprint density at radius 2 is 1.79 bits per heavy atom. The summed E-state index contributed by atoms with van der Waals surface area (Å²) in [4.78, 5) is 48.9. The van der Waals surface area contributed by atoms with Gasteiger partial charge in [-0.15, -0.1) is 6.58 Å². The molecule has 5 amide bonds. The molecule has 1 fully saturated rings. The van der Waals surface area contributed by atoms with E-state index in [1.54, 1.807) is 0 Å². The van der Waals surface area contributed by atoms with Crippen LogP contribution in [0.25, 0.3) is 0 Å². The molecule has 0 aromatic heterocycles. The summed E-state index contributed by atoms with van der Waals surface area (Å²) in [6, 6.07) is 8.85. The van der Waals surface area contributed by atoms with E-state index in [0.717, 1.165) is 10.5 Å². The van der Waals surface area contributed by atoms with E-state index >= 15 is 0 Å². The van der Waals surface area contributed by atoms with E-state index in [1.165, 1.54) is 6.08 Å². The van der Waals surface area contributed by atoms with E-state index in [4.69, 9.17) is 0 Å². The largest absolute Gasteiger partial charge is 0.354 e. The molecular formula is C17H19N3O4. The zero-order valence-corrected chi connectivity index (χ0v) is 13.4. The Morgan fingerprint density at radius 1 is 1.17 bits per heavy atom. The molecule has 0 spiro atoms. The van der Waals surface area contributed by atoms with Crippen LogP contribution in [0.15, 0.2) is 43.0 Å². The molecule has 1 atom stereocenters. The van der Waals surface area contributed by atoms with Gasteiger partial charge in [-0.05, 0) is 11.5 Å². The fourth-order valence-corrected chi connectivity index (χ4v) is 2.35. The predicted molar refractivity (Wildman–Crippen MR) is 86.9 cm³/mol. The molecule has 0 radical (unpaired) electrons. The van der Waals surface area contributed by atoms with Crippen LogP contribution in [0.5, 0.6) is 0 Å². The maximum Gasteiger partial charge on any atom is 0.335 e. The Balaban J connectivity index is 1.90. The molecule has 1 heterocycles. The first-order valence-electron chi connectivity index (χ1n) is 7.55. The highest BCUT2D eigenvalue weighted by Gasteiger charge is 2.44. The van der Waals surface area contributed by atoms with Gasteiger partial charge < -0.3 is 5.32 Å². The Hall–Kier alpha value is -2.96. The van der Waals surface area contributed by atoms with E-state index in [9.17, 15) is 19.2 Å². The fourth-order valence-electron chi connectivity index (χ4n) is 2.35. The molecule has 1 aliphatic rings. The molecule has 0 saturated carbocycles. The van der Waals surface area contributed by atoms with E-state index < -0.39 is 30.3 Å². The minimum Gasteiger partial charge on any atom is -0.354 e. The van der Waals surface area contributed by atoms with Crippen LogP contribution in [0.1, 0.15) is 18.4 Å². The Bertz CT molecular complexity index is 672. The van der Waals surface area contributed by atoms with Gasteiger partial charge in [0.15, 0.2) is 0 Å². The minimum atomic E-state index is -0.992. The minimum absolute atomic E-state index is 0.0629. The van der Waals surface area contributed by atoms with Crippen LogP contribution in [0, 0.1) is 0 Å². The van der Waals surface area contributed by atoms with Crippen LogP contribution in [0.3, 0.4) is 0 Å². The smallest absolute Gasteiger partial charge is 0.335 e. The maximum atomic E-state index is 12.0. The summed E-state index contributed by atoms with van der Waals surface area (Å²) in [5.74, 6) is -2.34. The first-order valence-corrected chi connectivity index (χ1v) is 7.55. The topological polar surface area (TPSA) is 86.8 Å². The Labute approximate surface area is 139 Å². The van der Waals surface area contributed by atoms with Gasteiger partial charge in [-0.1, -0.05) is 43.3 Å². The van der Waals surface area contributed by atoms with Crippen molar-refractivity contribution in [2.75, 3.05) is 19.6 Å². The summed E-state index contributed by atoms with van der Waals surface area (Å²) >= 11 is 0. The van der Waals surface area contributed by atoms with Crippen molar-refractivity contribution in [2.24, 2.45) is 0 Å². The van der Waals surface area contributed by atoms with Gasteiger partial charge in [0, 0.05) is 13.1 Å². The molecule has 1 aliphatic heterocycles. The Kier molecular flexibility index (Phi) is 5.47. The average molecular weight is 329 g/mol. The number of hydrogen-bond donors (Lipinski definition) is 1. The molecule has 1 aromatic rings. The number of carbonyl (C=O) groups excluding carboxylic acids is 4. The first kappa shape index (κ1) is 17.4. The summed E-state index contributed by atoms with van der Waals surface area (Å²) in [6.45, 7) is 5.21. The van der Waals surface area contributed by atoms with Crippen LogP contribution in [-0.4, -0.2) is 53.2 Å². The van der Waals surface area contributed by atoms with Gasteiger partial charge in [-0.25, -0.2) is 9.69 Å². The van der Waals surface area contributed by atoms with Crippen LogP contribution >= 0.6 is 0 Å². The van der Waals surface area contributed by atoms with E-state index in [2.05, 4.69) is 11.9 Å². The Morgan fingerprint density at radius 3 is 2.42 bits per heavy atom. The van der Waals surface area contributed by atoms with Crippen molar-refractivity contribution in [3.05, 3.63) is 48.6 Å². The van der Waals surface area contributed by atoms with Gasteiger partial charge in [0.2, 0.25) is 5.91 Å². The van der Waals surface area contributed by atoms with Gasteiger partial charge in [-0.3, -0.25) is 19.3 Å². The number of benzene rings is 1. The van der Waals surface area contributed by atoms with E-state index in [1.807, 2.05) is 37.3 Å². The van der Waals surface area contributed by atoms with Gasteiger partial charge >= 0.3 is 17.8 Å². The number of nitrogens with one attached hydrogen (secondary N) is 1. The molecule has 0 bridgehead atoms. The van der Waals surface area contributed by atoms with Crippen molar-refractivity contribution < 1.29 is 19.2 Å². The lowest BCUT2D eigenvalue weighted by Crippen LogP contribution is -2.42. The molecule has 2 rings (SSSR count). The lowest BCUT2D eigenvalue weighted by Gasteiger charge is -2.16. The average Bonchev–Trinajstić information content (AvgIpc) is 2.79. The van der Waals surface area contributed by atoms with Crippen LogP contribution in [-0.2, 0) is 14.4 Å². The van der Waals surface area contributed by atoms with Crippen LogP contribution < -0.4 is 5.32 Å². The molecule has 1 saturated heterocycles. The molecule has 0 unspecified atom stereocenters.